The molecule has 0 saturated heterocycles. The Kier molecular flexibility index (Phi) is 2.02. The maximum Gasteiger partial charge on any atom is 0.256 e. The van der Waals surface area contributed by atoms with E-state index < -0.39 is 0 Å². The first kappa shape index (κ1) is 10.9. The van der Waals surface area contributed by atoms with Gasteiger partial charge in [0.2, 0.25) is 0 Å². The number of nitrogens with zero attached hydrogens (tertiary/aromatic N) is 2. The molecule has 17 heavy (non-hydrogen) atoms. The van der Waals surface area contributed by atoms with Gasteiger partial charge < -0.3 is 9.47 Å². The highest BCUT2D eigenvalue weighted by molar-refractivity contribution is 5.98. The largest absolute Gasteiger partial charge is 0.346 e. The van der Waals surface area contributed by atoms with Crippen LogP contribution in [0.5, 0.6) is 0 Å². The van der Waals surface area contributed by atoms with Crippen molar-refractivity contribution >= 4 is 5.91 Å². The van der Waals surface area contributed by atoms with Crippen LogP contribution in [0.4, 0.5) is 0 Å². The number of fused-ring (bicyclic) bond motifs is 3. The van der Waals surface area contributed by atoms with Gasteiger partial charge in [0.25, 0.3) is 5.91 Å². The Morgan fingerprint density at radius 2 is 2.06 bits per heavy atom. The third-order valence-electron chi connectivity index (χ3n) is 3.97. The molecule has 0 aliphatic carbocycles. The quantitative estimate of drug-likeness (QED) is 0.730. The molecule has 0 spiro atoms. The van der Waals surface area contributed by atoms with Crippen LogP contribution in [0.25, 0.3) is 0 Å². The summed E-state index contributed by atoms with van der Waals surface area (Å²) in [5.41, 5.74) is 3.88. The van der Waals surface area contributed by atoms with E-state index >= 15 is 0 Å². The van der Waals surface area contributed by atoms with Crippen LogP contribution in [0.2, 0.25) is 0 Å². The molecule has 3 nitrogen and oxygen atoms in total. The number of amides is 1. The van der Waals surface area contributed by atoms with Crippen molar-refractivity contribution < 1.29 is 4.79 Å². The van der Waals surface area contributed by atoms with Gasteiger partial charge in [0, 0.05) is 18.3 Å². The first-order valence-electron chi connectivity index (χ1n) is 6.41. The molecule has 0 radical (unpaired) electrons. The van der Waals surface area contributed by atoms with E-state index in [1.165, 1.54) is 11.4 Å². The van der Waals surface area contributed by atoms with Crippen molar-refractivity contribution in [2.45, 2.75) is 53.2 Å². The lowest BCUT2D eigenvalue weighted by molar-refractivity contribution is 0.0728. The Morgan fingerprint density at radius 3 is 2.71 bits per heavy atom. The molecular weight excluding hydrogens is 212 g/mol. The summed E-state index contributed by atoms with van der Waals surface area (Å²) in [5.74, 6) is 0.217. The summed E-state index contributed by atoms with van der Waals surface area (Å²) in [5, 5.41) is 0. The van der Waals surface area contributed by atoms with Crippen molar-refractivity contribution in [2.75, 3.05) is 0 Å². The van der Waals surface area contributed by atoms with Crippen LogP contribution in [-0.2, 0) is 19.5 Å². The minimum absolute atomic E-state index is 0.217. The van der Waals surface area contributed by atoms with E-state index in [0.717, 1.165) is 25.1 Å². The number of hydrogen-bond acceptors (Lipinski definition) is 1. The second-order valence-corrected chi connectivity index (χ2v) is 6.45. The Bertz CT molecular complexity index is 497. The van der Waals surface area contributed by atoms with Gasteiger partial charge in [-0.3, -0.25) is 4.79 Å². The van der Waals surface area contributed by atoms with Crippen molar-refractivity contribution in [3.63, 3.8) is 0 Å². The van der Waals surface area contributed by atoms with E-state index in [1.54, 1.807) is 0 Å². The molecule has 3 heteroatoms. The molecule has 1 aromatic heterocycles. The molecule has 0 unspecified atom stereocenters. The lowest BCUT2D eigenvalue weighted by atomic mass is 9.91. The zero-order valence-electron chi connectivity index (χ0n) is 11.1. The smallest absolute Gasteiger partial charge is 0.256 e. The van der Waals surface area contributed by atoms with Gasteiger partial charge in [-0.05, 0) is 31.7 Å². The number of carbonyl (C=O) groups excluding carboxylic acids is 1. The van der Waals surface area contributed by atoms with Crippen LogP contribution in [0.3, 0.4) is 0 Å². The second-order valence-electron chi connectivity index (χ2n) is 6.45. The Morgan fingerprint density at radius 1 is 1.35 bits per heavy atom. The lowest BCUT2D eigenvalue weighted by Gasteiger charge is -2.21. The van der Waals surface area contributed by atoms with Crippen molar-refractivity contribution in [1.82, 2.24) is 9.47 Å². The molecule has 0 aromatic carbocycles. The van der Waals surface area contributed by atoms with Crippen LogP contribution in [0.15, 0.2) is 6.07 Å². The van der Waals surface area contributed by atoms with Crippen molar-refractivity contribution in [2.24, 2.45) is 5.41 Å². The summed E-state index contributed by atoms with van der Waals surface area (Å²) in [7, 11) is 0. The standard InChI is InChI=1S/C14H20N2O/c1-9(2)15-7-12-11(13(15)17)5-10-6-14(3,4)8-16(10)12/h5,9H,6-8H2,1-4H3. The SMILES string of the molecule is CC(C)N1Cc2c(cc3n2CC(C)(C)C3)C1=O. The first-order valence-corrected chi connectivity index (χ1v) is 6.41. The monoisotopic (exact) mass is 232 g/mol. The third-order valence-corrected chi connectivity index (χ3v) is 3.97. The Hall–Kier alpha value is -1.25. The molecule has 0 atom stereocenters. The van der Waals surface area contributed by atoms with E-state index in [0.29, 0.717) is 11.5 Å². The predicted molar refractivity (Wildman–Crippen MR) is 66.9 cm³/mol. The van der Waals surface area contributed by atoms with Gasteiger partial charge in [-0.2, -0.15) is 0 Å². The molecule has 1 aromatic rings. The van der Waals surface area contributed by atoms with Crippen LogP contribution in [0.1, 0.15) is 49.4 Å². The Balaban J connectivity index is 2.00. The van der Waals surface area contributed by atoms with Crippen LogP contribution in [0, 0.1) is 5.41 Å². The summed E-state index contributed by atoms with van der Waals surface area (Å²) >= 11 is 0. The highest BCUT2D eigenvalue weighted by Crippen LogP contribution is 2.38. The van der Waals surface area contributed by atoms with Gasteiger partial charge in [0.05, 0.1) is 17.8 Å². The van der Waals surface area contributed by atoms with Gasteiger partial charge in [-0.1, -0.05) is 13.8 Å². The summed E-state index contributed by atoms with van der Waals surface area (Å²) in [6.45, 7) is 10.6. The molecule has 3 rings (SSSR count). The van der Waals surface area contributed by atoms with Gasteiger partial charge in [-0.25, -0.2) is 0 Å². The third kappa shape index (κ3) is 1.44. The fourth-order valence-corrected chi connectivity index (χ4v) is 3.12. The average molecular weight is 232 g/mol. The van der Waals surface area contributed by atoms with Gasteiger partial charge in [0.1, 0.15) is 0 Å². The molecule has 92 valence electrons. The van der Waals surface area contributed by atoms with E-state index in [-0.39, 0.29) is 5.91 Å². The topological polar surface area (TPSA) is 25.2 Å². The predicted octanol–water partition coefficient (Wildman–Crippen LogP) is 2.43. The van der Waals surface area contributed by atoms with Gasteiger partial charge >= 0.3 is 0 Å². The zero-order chi connectivity index (χ0) is 12.4. The van der Waals surface area contributed by atoms with Crippen LogP contribution < -0.4 is 0 Å². The van der Waals surface area contributed by atoms with E-state index in [4.69, 9.17) is 0 Å². The lowest BCUT2D eigenvalue weighted by Crippen LogP contribution is -2.31. The molecule has 3 heterocycles. The van der Waals surface area contributed by atoms with Crippen molar-refractivity contribution in [3.05, 3.63) is 23.0 Å². The number of rotatable bonds is 1. The highest BCUT2D eigenvalue weighted by atomic mass is 16.2. The minimum Gasteiger partial charge on any atom is -0.346 e. The summed E-state index contributed by atoms with van der Waals surface area (Å²) in [6.07, 6.45) is 1.09. The molecule has 0 saturated carbocycles. The molecule has 0 N–H and O–H groups in total. The molecule has 1 amide bonds. The minimum atomic E-state index is 0.217. The summed E-state index contributed by atoms with van der Waals surface area (Å²) in [6, 6.07) is 2.41. The molecule has 0 bridgehead atoms. The fraction of sp³-hybridized carbons (Fsp3) is 0.643. The maximum atomic E-state index is 12.2. The van der Waals surface area contributed by atoms with Crippen molar-refractivity contribution in [3.8, 4) is 0 Å². The number of aromatic nitrogens is 1. The molecule has 2 aliphatic rings. The molecule has 2 aliphatic heterocycles. The second kappa shape index (κ2) is 3.15. The maximum absolute atomic E-state index is 12.2. The molecular formula is C14H20N2O. The van der Waals surface area contributed by atoms with Crippen LogP contribution >= 0.6 is 0 Å². The van der Waals surface area contributed by atoms with Gasteiger partial charge in [0.15, 0.2) is 0 Å². The number of hydrogen-bond donors (Lipinski definition) is 0. The summed E-state index contributed by atoms with van der Waals surface area (Å²) < 4.78 is 2.37. The zero-order valence-corrected chi connectivity index (χ0v) is 11.1. The van der Waals surface area contributed by atoms with E-state index in [2.05, 4.69) is 38.3 Å². The Labute approximate surface area is 102 Å². The number of carbonyl (C=O) groups is 1. The van der Waals surface area contributed by atoms with Crippen molar-refractivity contribution in [1.29, 1.82) is 0 Å². The normalized spacial score (nSPS) is 21.2. The molecule has 0 fully saturated rings. The summed E-state index contributed by atoms with van der Waals surface area (Å²) in [4.78, 5) is 14.2. The highest BCUT2D eigenvalue weighted by Gasteiger charge is 2.38. The van der Waals surface area contributed by atoms with E-state index in [9.17, 15) is 4.79 Å². The van der Waals surface area contributed by atoms with E-state index in [1.807, 2.05) is 4.90 Å². The average Bonchev–Trinajstić information content (AvgIpc) is 2.75. The first-order chi connectivity index (χ1) is 7.89. The van der Waals surface area contributed by atoms with Crippen LogP contribution in [-0.4, -0.2) is 21.4 Å². The van der Waals surface area contributed by atoms with Gasteiger partial charge in [-0.15, -0.1) is 0 Å². The fourth-order valence-electron chi connectivity index (χ4n) is 3.12.